The number of aryl methyl sites for hydroxylation is 2. The summed E-state index contributed by atoms with van der Waals surface area (Å²) in [6.07, 6.45) is 0. The summed E-state index contributed by atoms with van der Waals surface area (Å²) in [5.41, 5.74) is 6.44. The van der Waals surface area contributed by atoms with Gasteiger partial charge in [-0.3, -0.25) is 0 Å². The van der Waals surface area contributed by atoms with Gasteiger partial charge in [0.1, 0.15) is 12.9 Å². The van der Waals surface area contributed by atoms with Crippen LogP contribution >= 0.6 is 0 Å². The van der Waals surface area contributed by atoms with Crippen molar-refractivity contribution in [3.05, 3.63) is 90.2 Å². The average Bonchev–Trinajstić information content (AvgIpc) is 2.65. The van der Waals surface area contributed by atoms with E-state index in [1.165, 1.54) is 11.5 Å². The predicted molar refractivity (Wildman–Crippen MR) is 101 cm³/mol. The van der Waals surface area contributed by atoms with Crippen LogP contribution in [0.2, 0.25) is 0 Å². The van der Waals surface area contributed by atoms with Crippen LogP contribution in [0, 0.1) is 12.7 Å². The molecule has 0 atom stereocenters. The lowest BCUT2D eigenvalue weighted by Gasteiger charge is -2.11. The van der Waals surface area contributed by atoms with Crippen LogP contribution in [0.3, 0.4) is 0 Å². The Hall–Kier alpha value is -3.00. The highest BCUT2D eigenvalue weighted by Gasteiger charge is 2.20. The number of pyridine rings is 1. The molecule has 0 aliphatic rings. The summed E-state index contributed by atoms with van der Waals surface area (Å²) < 4.78 is 16.0. The molecule has 3 aromatic carbocycles. The van der Waals surface area contributed by atoms with Gasteiger partial charge in [-0.1, -0.05) is 48.5 Å². The predicted octanol–water partition coefficient (Wildman–Crippen LogP) is 5.45. The number of rotatable bonds is 2. The summed E-state index contributed by atoms with van der Waals surface area (Å²) >= 11 is 0. The summed E-state index contributed by atoms with van der Waals surface area (Å²) in [5.74, 6) is -0.213. The normalized spacial score (nSPS) is 11.0. The van der Waals surface area contributed by atoms with Crippen LogP contribution in [0.15, 0.2) is 78.9 Å². The van der Waals surface area contributed by atoms with E-state index in [1.807, 2.05) is 44.3 Å². The molecule has 1 nitrogen and oxygen atoms in total. The molecule has 0 saturated heterocycles. The number of nitrogens with zero attached hydrogens (tertiary/aromatic N) is 1. The topological polar surface area (TPSA) is 3.88 Å². The standard InChI is InChI=1S/C23H19FN/c1-16-12-13-18(24)14-20(16)23-15-21(17-8-4-3-5-9-17)19-10-6-7-11-22(19)25(23)2/h3-15H,1-2H3/q+1. The van der Waals surface area contributed by atoms with Crippen molar-refractivity contribution in [3.8, 4) is 22.4 Å². The number of fused-ring (bicyclic) bond motifs is 1. The maximum absolute atomic E-state index is 13.9. The van der Waals surface area contributed by atoms with Gasteiger partial charge in [0.15, 0.2) is 0 Å². The summed E-state index contributed by atoms with van der Waals surface area (Å²) in [6.45, 7) is 2.02. The number of benzene rings is 3. The highest BCUT2D eigenvalue weighted by atomic mass is 19.1. The smallest absolute Gasteiger partial charge is 0.207 e. The fourth-order valence-electron chi connectivity index (χ4n) is 3.42. The quantitative estimate of drug-likeness (QED) is 0.431. The van der Waals surface area contributed by atoms with E-state index in [1.54, 1.807) is 6.07 Å². The van der Waals surface area contributed by atoms with Gasteiger partial charge in [-0.25, -0.2) is 4.39 Å². The van der Waals surface area contributed by atoms with E-state index in [9.17, 15) is 4.39 Å². The van der Waals surface area contributed by atoms with Gasteiger partial charge in [-0.15, -0.1) is 0 Å². The van der Waals surface area contributed by atoms with Gasteiger partial charge in [-0.05, 0) is 36.2 Å². The molecule has 4 aromatic rings. The van der Waals surface area contributed by atoms with Gasteiger partial charge in [0.25, 0.3) is 0 Å². The van der Waals surface area contributed by atoms with E-state index in [2.05, 4.69) is 41.0 Å². The van der Waals surface area contributed by atoms with Crippen LogP contribution in [-0.4, -0.2) is 0 Å². The van der Waals surface area contributed by atoms with E-state index < -0.39 is 0 Å². The summed E-state index contributed by atoms with van der Waals surface area (Å²) in [7, 11) is 2.04. The van der Waals surface area contributed by atoms with Crippen LogP contribution in [0.5, 0.6) is 0 Å². The third-order valence-corrected chi connectivity index (χ3v) is 4.76. The zero-order valence-corrected chi connectivity index (χ0v) is 14.3. The minimum atomic E-state index is -0.213. The molecule has 0 fully saturated rings. The van der Waals surface area contributed by atoms with Crippen molar-refractivity contribution < 1.29 is 8.96 Å². The second-order valence-electron chi connectivity index (χ2n) is 6.34. The van der Waals surface area contributed by atoms with Gasteiger partial charge < -0.3 is 0 Å². The Labute approximate surface area is 147 Å². The third kappa shape index (κ3) is 2.70. The first-order valence-corrected chi connectivity index (χ1v) is 8.39. The molecular formula is C23H19FN+. The first-order chi connectivity index (χ1) is 12.1. The van der Waals surface area contributed by atoms with Crippen LogP contribution < -0.4 is 4.57 Å². The molecule has 25 heavy (non-hydrogen) atoms. The van der Waals surface area contributed by atoms with Gasteiger partial charge in [0, 0.05) is 17.7 Å². The highest BCUT2D eigenvalue weighted by molar-refractivity contribution is 5.94. The molecule has 0 amide bonds. The van der Waals surface area contributed by atoms with E-state index in [0.29, 0.717) is 0 Å². The van der Waals surface area contributed by atoms with Crippen molar-refractivity contribution in [3.63, 3.8) is 0 Å². The van der Waals surface area contributed by atoms with Crippen LogP contribution in [0.25, 0.3) is 33.3 Å². The van der Waals surface area contributed by atoms with Crippen molar-refractivity contribution in [2.24, 2.45) is 7.05 Å². The Morgan fingerprint density at radius 2 is 1.48 bits per heavy atom. The summed E-state index contributed by atoms with van der Waals surface area (Å²) in [6, 6.07) is 25.8. The Balaban J connectivity index is 2.10. The Morgan fingerprint density at radius 1 is 0.760 bits per heavy atom. The number of hydrogen-bond donors (Lipinski definition) is 0. The lowest BCUT2D eigenvalue weighted by atomic mass is 9.96. The maximum atomic E-state index is 13.9. The van der Waals surface area contributed by atoms with Gasteiger partial charge in [-0.2, -0.15) is 4.57 Å². The summed E-state index contributed by atoms with van der Waals surface area (Å²) in [5, 5.41) is 1.19. The van der Waals surface area contributed by atoms with Crippen LogP contribution in [0.4, 0.5) is 4.39 Å². The van der Waals surface area contributed by atoms with Crippen molar-refractivity contribution in [1.29, 1.82) is 0 Å². The minimum Gasteiger partial charge on any atom is -0.207 e. The highest BCUT2D eigenvalue weighted by Crippen LogP contribution is 2.32. The number of aromatic nitrogens is 1. The van der Waals surface area contributed by atoms with Crippen molar-refractivity contribution in [2.75, 3.05) is 0 Å². The van der Waals surface area contributed by atoms with Crippen molar-refractivity contribution in [1.82, 2.24) is 0 Å². The molecule has 0 radical (unpaired) electrons. The zero-order valence-electron chi connectivity index (χ0n) is 14.3. The molecule has 0 aliphatic heterocycles. The molecule has 1 aromatic heterocycles. The van der Waals surface area contributed by atoms with Gasteiger partial charge in [0.05, 0.1) is 10.9 Å². The van der Waals surface area contributed by atoms with Crippen molar-refractivity contribution >= 4 is 10.9 Å². The Morgan fingerprint density at radius 3 is 2.28 bits per heavy atom. The van der Waals surface area contributed by atoms with Crippen molar-refractivity contribution in [2.45, 2.75) is 6.92 Å². The molecule has 0 saturated carbocycles. The molecule has 0 bridgehead atoms. The van der Waals surface area contributed by atoms with E-state index in [0.717, 1.165) is 33.5 Å². The molecular weight excluding hydrogens is 309 g/mol. The molecule has 2 heteroatoms. The van der Waals surface area contributed by atoms with Crippen LogP contribution in [-0.2, 0) is 7.05 Å². The number of para-hydroxylation sites is 1. The monoisotopic (exact) mass is 328 g/mol. The summed E-state index contributed by atoms with van der Waals surface area (Å²) in [4.78, 5) is 0. The fourth-order valence-corrected chi connectivity index (χ4v) is 3.42. The van der Waals surface area contributed by atoms with Gasteiger partial charge >= 0.3 is 0 Å². The second kappa shape index (κ2) is 6.14. The lowest BCUT2D eigenvalue weighted by Crippen LogP contribution is -2.32. The molecule has 0 N–H and O–H groups in total. The first kappa shape index (κ1) is 15.5. The maximum Gasteiger partial charge on any atom is 0.213 e. The minimum absolute atomic E-state index is 0.213. The molecule has 122 valence electrons. The first-order valence-electron chi connectivity index (χ1n) is 8.39. The molecule has 0 spiro atoms. The van der Waals surface area contributed by atoms with Gasteiger partial charge in [0.2, 0.25) is 11.2 Å². The van der Waals surface area contributed by atoms with E-state index in [-0.39, 0.29) is 5.82 Å². The van der Waals surface area contributed by atoms with Crippen LogP contribution in [0.1, 0.15) is 5.56 Å². The largest absolute Gasteiger partial charge is 0.213 e. The second-order valence-corrected chi connectivity index (χ2v) is 6.34. The Bertz CT molecular complexity index is 1070. The number of halogens is 1. The van der Waals surface area contributed by atoms with E-state index in [4.69, 9.17) is 0 Å². The average molecular weight is 328 g/mol. The lowest BCUT2D eigenvalue weighted by molar-refractivity contribution is -0.633. The molecule has 1 heterocycles. The zero-order chi connectivity index (χ0) is 17.4. The number of hydrogen-bond acceptors (Lipinski definition) is 0. The van der Waals surface area contributed by atoms with E-state index >= 15 is 0 Å². The Kier molecular flexibility index (Phi) is 3.81. The molecule has 0 aliphatic carbocycles. The third-order valence-electron chi connectivity index (χ3n) is 4.76. The fraction of sp³-hybridized carbons (Fsp3) is 0.0870. The molecule has 4 rings (SSSR count). The SMILES string of the molecule is Cc1ccc(F)cc1-c1cc(-c2ccccc2)c2ccccc2[n+]1C. The molecule has 0 unspecified atom stereocenters.